The third kappa shape index (κ3) is 4.27. The second-order valence-corrected chi connectivity index (χ2v) is 6.14. The first-order chi connectivity index (χ1) is 9.97. The number of rotatable bonds is 4. The van der Waals surface area contributed by atoms with Crippen LogP contribution in [0, 0.1) is 6.92 Å². The number of hydrogen-bond acceptors (Lipinski definition) is 4. The molecule has 7 heteroatoms. The lowest BCUT2D eigenvalue weighted by Crippen LogP contribution is -2.15. The lowest BCUT2D eigenvalue weighted by atomic mass is 10.2. The van der Waals surface area contributed by atoms with Crippen molar-refractivity contribution in [2.45, 2.75) is 11.8 Å². The van der Waals surface area contributed by atoms with E-state index >= 15 is 0 Å². The van der Waals surface area contributed by atoms with E-state index in [9.17, 15) is 4.79 Å². The molecule has 1 amide bonds. The van der Waals surface area contributed by atoms with Crippen LogP contribution < -0.4 is 11.1 Å². The van der Waals surface area contributed by atoms with Crippen LogP contribution in [0.3, 0.4) is 0 Å². The average molecular weight is 342 g/mol. The number of halogens is 2. The summed E-state index contributed by atoms with van der Waals surface area (Å²) in [6.45, 7) is 1.85. The number of aryl methyl sites for hydroxylation is 1. The minimum absolute atomic E-state index is 0.189. The van der Waals surface area contributed by atoms with Crippen LogP contribution in [-0.2, 0) is 4.79 Å². The Kier molecular flexibility index (Phi) is 5.33. The van der Waals surface area contributed by atoms with Crippen LogP contribution in [0.25, 0.3) is 0 Å². The van der Waals surface area contributed by atoms with E-state index in [4.69, 9.17) is 28.9 Å². The van der Waals surface area contributed by atoms with E-state index < -0.39 is 0 Å². The zero-order valence-electron chi connectivity index (χ0n) is 11.2. The molecular weight excluding hydrogens is 329 g/mol. The van der Waals surface area contributed by atoms with Gasteiger partial charge in [-0.25, -0.2) is 4.98 Å². The van der Waals surface area contributed by atoms with Crippen LogP contribution in [0.2, 0.25) is 10.0 Å². The van der Waals surface area contributed by atoms with Gasteiger partial charge in [0, 0.05) is 11.1 Å². The van der Waals surface area contributed by atoms with Crippen molar-refractivity contribution in [2.75, 3.05) is 16.8 Å². The minimum atomic E-state index is -0.189. The maximum atomic E-state index is 12.0. The highest BCUT2D eigenvalue weighted by Crippen LogP contribution is 2.33. The van der Waals surface area contributed by atoms with Crippen LogP contribution in [0.1, 0.15) is 5.56 Å². The Morgan fingerprint density at radius 1 is 1.33 bits per heavy atom. The van der Waals surface area contributed by atoms with Gasteiger partial charge in [-0.15, -0.1) is 11.8 Å². The zero-order chi connectivity index (χ0) is 15.4. The van der Waals surface area contributed by atoms with Gasteiger partial charge >= 0.3 is 0 Å². The Hall–Kier alpha value is -1.43. The molecule has 0 aliphatic carbocycles. The summed E-state index contributed by atoms with van der Waals surface area (Å²) in [4.78, 5) is 16.8. The van der Waals surface area contributed by atoms with Gasteiger partial charge in [0.1, 0.15) is 5.82 Å². The number of anilines is 2. The van der Waals surface area contributed by atoms with E-state index in [2.05, 4.69) is 10.3 Å². The Balaban J connectivity index is 1.99. The molecule has 1 aromatic carbocycles. The van der Waals surface area contributed by atoms with Crippen molar-refractivity contribution >= 4 is 52.4 Å². The van der Waals surface area contributed by atoms with Crippen molar-refractivity contribution in [1.29, 1.82) is 0 Å². The van der Waals surface area contributed by atoms with Crippen molar-refractivity contribution in [3.63, 3.8) is 0 Å². The molecule has 0 radical (unpaired) electrons. The summed E-state index contributed by atoms with van der Waals surface area (Å²) in [6.07, 6.45) is 1.62. The van der Waals surface area contributed by atoms with Crippen molar-refractivity contribution in [3.8, 4) is 0 Å². The van der Waals surface area contributed by atoms with Gasteiger partial charge in [0.15, 0.2) is 0 Å². The predicted molar refractivity (Wildman–Crippen MR) is 89.2 cm³/mol. The molecule has 0 fully saturated rings. The molecule has 0 aliphatic heterocycles. The predicted octanol–water partition coefficient (Wildman–Crippen LogP) is 4.01. The molecule has 1 aromatic heterocycles. The van der Waals surface area contributed by atoms with Gasteiger partial charge in [0.25, 0.3) is 0 Å². The molecule has 0 saturated heterocycles. The molecular formula is C14H13Cl2N3OS. The summed E-state index contributed by atoms with van der Waals surface area (Å²) in [5.41, 5.74) is 6.80. The number of nitrogen functional groups attached to an aromatic ring is 1. The Morgan fingerprint density at radius 3 is 2.76 bits per heavy atom. The van der Waals surface area contributed by atoms with Gasteiger partial charge in [-0.3, -0.25) is 4.79 Å². The SMILES string of the molecule is Cc1ccc(Cl)c(NC(=O)CSc2ccc(N)nc2)c1Cl. The van der Waals surface area contributed by atoms with Crippen LogP contribution in [0.15, 0.2) is 35.4 Å². The van der Waals surface area contributed by atoms with Gasteiger partial charge in [0.05, 0.1) is 21.5 Å². The van der Waals surface area contributed by atoms with E-state index in [0.29, 0.717) is 21.6 Å². The number of pyridine rings is 1. The molecule has 3 N–H and O–H groups in total. The Morgan fingerprint density at radius 2 is 2.10 bits per heavy atom. The maximum absolute atomic E-state index is 12.0. The summed E-state index contributed by atoms with van der Waals surface area (Å²) in [5.74, 6) is 0.486. The second-order valence-electron chi connectivity index (χ2n) is 4.31. The molecule has 0 spiro atoms. The van der Waals surface area contributed by atoms with Crippen molar-refractivity contribution in [2.24, 2.45) is 0 Å². The van der Waals surface area contributed by atoms with E-state index in [1.807, 2.05) is 13.0 Å². The molecule has 2 rings (SSSR count). The first-order valence-corrected chi connectivity index (χ1v) is 7.80. The molecule has 0 aliphatic rings. The quantitative estimate of drug-likeness (QED) is 0.824. The third-order valence-corrected chi connectivity index (χ3v) is 4.46. The zero-order valence-corrected chi connectivity index (χ0v) is 13.5. The topological polar surface area (TPSA) is 68.0 Å². The molecule has 21 heavy (non-hydrogen) atoms. The fourth-order valence-electron chi connectivity index (χ4n) is 1.57. The molecule has 0 unspecified atom stereocenters. The highest BCUT2D eigenvalue weighted by molar-refractivity contribution is 8.00. The van der Waals surface area contributed by atoms with Crippen molar-refractivity contribution in [1.82, 2.24) is 4.98 Å². The highest BCUT2D eigenvalue weighted by atomic mass is 35.5. The number of hydrogen-bond donors (Lipinski definition) is 2. The van der Waals surface area contributed by atoms with E-state index in [-0.39, 0.29) is 11.7 Å². The van der Waals surface area contributed by atoms with Gasteiger partial charge in [-0.1, -0.05) is 29.3 Å². The number of thioether (sulfide) groups is 1. The van der Waals surface area contributed by atoms with Gasteiger partial charge in [-0.05, 0) is 30.7 Å². The number of benzene rings is 1. The fraction of sp³-hybridized carbons (Fsp3) is 0.143. The molecule has 4 nitrogen and oxygen atoms in total. The molecule has 0 atom stereocenters. The van der Waals surface area contributed by atoms with Crippen LogP contribution in [-0.4, -0.2) is 16.6 Å². The third-order valence-electron chi connectivity index (χ3n) is 2.68. The number of nitrogens with zero attached hydrogens (tertiary/aromatic N) is 1. The van der Waals surface area contributed by atoms with E-state index in [1.54, 1.807) is 24.4 Å². The van der Waals surface area contributed by atoms with Crippen molar-refractivity contribution in [3.05, 3.63) is 46.1 Å². The lowest BCUT2D eigenvalue weighted by molar-refractivity contribution is -0.113. The number of aromatic nitrogens is 1. The van der Waals surface area contributed by atoms with Crippen LogP contribution >= 0.6 is 35.0 Å². The lowest BCUT2D eigenvalue weighted by Gasteiger charge is -2.11. The van der Waals surface area contributed by atoms with Crippen molar-refractivity contribution < 1.29 is 4.79 Å². The van der Waals surface area contributed by atoms with Crippen LogP contribution in [0.5, 0.6) is 0 Å². The smallest absolute Gasteiger partial charge is 0.234 e. The summed E-state index contributed by atoms with van der Waals surface area (Å²) in [7, 11) is 0. The standard InChI is InChI=1S/C14H13Cl2N3OS/c1-8-2-4-10(15)14(13(8)16)19-12(20)7-21-9-3-5-11(17)18-6-9/h2-6H,7H2,1H3,(H2,17,18)(H,19,20). The second kappa shape index (κ2) is 7.02. The number of nitrogens with two attached hydrogens (primary N) is 1. The van der Waals surface area contributed by atoms with E-state index in [0.717, 1.165) is 10.5 Å². The van der Waals surface area contributed by atoms with E-state index in [1.165, 1.54) is 11.8 Å². The normalized spacial score (nSPS) is 10.4. The molecule has 2 aromatic rings. The molecule has 110 valence electrons. The fourth-order valence-corrected chi connectivity index (χ4v) is 2.70. The molecule has 0 saturated carbocycles. The number of nitrogens with one attached hydrogen (secondary N) is 1. The summed E-state index contributed by atoms with van der Waals surface area (Å²) in [6, 6.07) is 7.01. The largest absolute Gasteiger partial charge is 0.384 e. The van der Waals surface area contributed by atoms with Crippen LogP contribution in [0.4, 0.5) is 11.5 Å². The van der Waals surface area contributed by atoms with Gasteiger partial charge < -0.3 is 11.1 Å². The summed E-state index contributed by atoms with van der Waals surface area (Å²) >= 11 is 13.6. The number of amides is 1. The Bertz CT molecular complexity index is 662. The maximum Gasteiger partial charge on any atom is 0.234 e. The minimum Gasteiger partial charge on any atom is -0.384 e. The monoisotopic (exact) mass is 341 g/mol. The molecule has 1 heterocycles. The first-order valence-electron chi connectivity index (χ1n) is 6.06. The number of carbonyl (C=O) groups excluding carboxylic acids is 1. The van der Waals surface area contributed by atoms with Gasteiger partial charge in [0.2, 0.25) is 5.91 Å². The summed E-state index contributed by atoms with van der Waals surface area (Å²) in [5, 5.41) is 3.60. The van der Waals surface area contributed by atoms with Gasteiger partial charge in [-0.2, -0.15) is 0 Å². The Labute approximate surface area is 137 Å². The number of carbonyl (C=O) groups is 1. The highest BCUT2D eigenvalue weighted by Gasteiger charge is 2.12. The first kappa shape index (κ1) is 15.9. The summed E-state index contributed by atoms with van der Waals surface area (Å²) < 4.78 is 0. The average Bonchev–Trinajstić information content (AvgIpc) is 2.47. The molecule has 0 bridgehead atoms.